The molecule has 0 aliphatic heterocycles. The maximum absolute atomic E-state index is 12.7. The summed E-state index contributed by atoms with van der Waals surface area (Å²) in [5.41, 5.74) is -0.766. The van der Waals surface area contributed by atoms with Crippen LogP contribution < -0.4 is 15.4 Å². The van der Waals surface area contributed by atoms with E-state index in [1.807, 2.05) is 33.8 Å². The lowest BCUT2D eigenvalue weighted by Gasteiger charge is -2.31. The van der Waals surface area contributed by atoms with E-state index in [1.165, 1.54) is 0 Å². The lowest BCUT2D eigenvalue weighted by atomic mass is 10.0. The fourth-order valence-electron chi connectivity index (χ4n) is 2.31. The van der Waals surface area contributed by atoms with Crippen molar-refractivity contribution in [3.05, 3.63) is 29.8 Å². The van der Waals surface area contributed by atoms with Crippen molar-refractivity contribution in [2.45, 2.75) is 65.6 Å². The number of hydrogen-bond donors (Lipinski definition) is 2. The summed E-state index contributed by atoms with van der Waals surface area (Å²) in [5, 5.41) is 26.4. The number of benzene rings is 1. The predicted octanol–water partition coefficient (Wildman–Crippen LogP) is 3.41. The monoisotopic (exact) mass is 417 g/mol. The van der Waals surface area contributed by atoms with Crippen molar-refractivity contribution < 1.29 is 19.1 Å². The highest BCUT2D eigenvalue weighted by Gasteiger charge is 2.31. The summed E-state index contributed by atoms with van der Waals surface area (Å²) in [6, 6.07) is 8.06. The Morgan fingerprint density at radius 3 is 2.03 bits per heavy atom. The quantitative estimate of drug-likeness (QED) is 0.646. The molecular weight excluding hydrogens is 386 g/mol. The molecule has 0 saturated carbocycles. The van der Waals surface area contributed by atoms with Crippen LogP contribution in [0.4, 0.5) is 4.79 Å². The number of alkyl carbamates (subject to hydrolysis) is 1. The topological polar surface area (TPSA) is 148 Å². The van der Waals surface area contributed by atoms with Crippen molar-refractivity contribution in [2.75, 3.05) is 6.61 Å². The van der Waals surface area contributed by atoms with Gasteiger partial charge in [-0.3, -0.25) is 4.79 Å². The van der Waals surface area contributed by atoms with Crippen LogP contribution in [0.3, 0.4) is 0 Å². The van der Waals surface area contributed by atoms with Crippen LogP contribution >= 0.6 is 0 Å². The van der Waals surface area contributed by atoms with Gasteiger partial charge in [-0.1, -0.05) is 13.8 Å². The molecule has 1 aromatic rings. The van der Waals surface area contributed by atoms with Crippen molar-refractivity contribution in [3.8, 4) is 11.8 Å². The third-order valence-electron chi connectivity index (χ3n) is 3.67. The molecule has 0 spiro atoms. The first-order valence-corrected chi connectivity index (χ1v) is 9.47. The van der Waals surface area contributed by atoms with Gasteiger partial charge in [0.2, 0.25) is 5.91 Å². The van der Waals surface area contributed by atoms with Gasteiger partial charge in [-0.2, -0.15) is 5.26 Å². The van der Waals surface area contributed by atoms with Gasteiger partial charge in [0.05, 0.1) is 17.2 Å². The molecule has 30 heavy (non-hydrogen) atoms. The molecular formula is C21H31N5O4. The number of ether oxygens (including phenoxy) is 2. The predicted molar refractivity (Wildman–Crippen MR) is 110 cm³/mol. The van der Waals surface area contributed by atoms with Crippen LogP contribution in [0.15, 0.2) is 24.3 Å². The number of amides is 2. The second kappa shape index (κ2) is 11.6. The van der Waals surface area contributed by atoms with Crippen LogP contribution in [-0.4, -0.2) is 35.8 Å². The van der Waals surface area contributed by atoms with Gasteiger partial charge in [-0.25, -0.2) is 4.79 Å². The maximum Gasteiger partial charge on any atom is 0.408 e. The molecule has 0 fully saturated rings. The number of hydrogen-bond acceptors (Lipinski definition) is 7. The lowest BCUT2D eigenvalue weighted by Crippen LogP contribution is -2.57. The highest BCUT2D eigenvalue weighted by atomic mass is 16.6. The highest BCUT2D eigenvalue weighted by Crippen LogP contribution is 2.15. The summed E-state index contributed by atoms with van der Waals surface area (Å²) >= 11 is 0. The van der Waals surface area contributed by atoms with Crippen LogP contribution in [0.2, 0.25) is 0 Å². The summed E-state index contributed by atoms with van der Waals surface area (Å²) < 4.78 is 11.0. The molecule has 0 heterocycles. The van der Waals surface area contributed by atoms with Crippen molar-refractivity contribution in [3.63, 3.8) is 0 Å². The molecule has 0 bridgehead atoms. The highest BCUT2D eigenvalue weighted by molar-refractivity contribution is 5.86. The smallest absolute Gasteiger partial charge is 0.408 e. The van der Waals surface area contributed by atoms with E-state index in [2.05, 4.69) is 10.6 Å². The fraction of sp³-hybridized carbons (Fsp3) is 0.571. The molecule has 9 nitrogen and oxygen atoms in total. The molecule has 0 aliphatic rings. The number of carbonyl (C=O) groups excluding carboxylic acids is 2. The normalized spacial score (nSPS) is 11.9. The van der Waals surface area contributed by atoms with Gasteiger partial charge in [0.15, 0.2) is 0 Å². The van der Waals surface area contributed by atoms with Crippen molar-refractivity contribution in [1.29, 1.82) is 16.0 Å². The number of nitrogens with zero attached hydrogens (tertiary/aromatic N) is 3. The van der Waals surface area contributed by atoms with Gasteiger partial charge in [0.25, 0.3) is 0 Å². The first kappa shape index (κ1) is 26.7. The van der Waals surface area contributed by atoms with Gasteiger partial charge >= 0.3 is 6.09 Å². The minimum atomic E-state index is -0.732. The molecule has 2 N–H and O–H groups in total. The second-order valence-electron chi connectivity index (χ2n) is 8.67. The molecule has 0 radical (unpaired) electrons. The molecule has 2 amide bonds. The Kier molecular flexibility index (Phi) is 10.3. The van der Waals surface area contributed by atoms with E-state index < -0.39 is 23.3 Å². The molecule has 1 rings (SSSR count). The van der Waals surface area contributed by atoms with E-state index >= 15 is 0 Å². The number of nitrogens with one attached hydrogen (secondary N) is 2. The average Bonchev–Trinajstić information content (AvgIpc) is 2.64. The zero-order valence-electron chi connectivity index (χ0n) is 18.6. The first-order valence-electron chi connectivity index (χ1n) is 9.47. The van der Waals surface area contributed by atoms with E-state index in [1.54, 1.807) is 45.0 Å². The van der Waals surface area contributed by atoms with E-state index in [4.69, 9.17) is 25.5 Å². The Hall–Kier alpha value is -3.33. The van der Waals surface area contributed by atoms with Crippen LogP contribution in [0, 0.1) is 28.0 Å². The lowest BCUT2D eigenvalue weighted by molar-refractivity contribution is -0.126. The largest absolute Gasteiger partial charge is 0.491 e. The van der Waals surface area contributed by atoms with E-state index in [0.717, 1.165) is 0 Å². The van der Waals surface area contributed by atoms with Crippen molar-refractivity contribution >= 4 is 12.0 Å². The Balaban J connectivity index is 0.00000407. The molecule has 1 aromatic carbocycles. The molecule has 9 heteroatoms. The molecule has 0 aromatic heterocycles. The summed E-state index contributed by atoms with van der Waals surface area (Å²) in [6.07, 6.45) is -0.631. The maximum atomic E-state index is 12.7. The first-order chi connectivity index (χ1) is 13.8. The van der Waals surface area contributed by atoms with Crippen LogP contribution in [0.25, 0.3) is 0 Å². The SMILES string of the molecule is CC(C)[C@H](NC(=O)OC(C)(C)C)C(=O)NC(C)(C)COc1ccc(C#N)cc1.N#N. The number of rotatable bonds is 7. The summed E-state index contributed by atoms with van der Waals surface area (Å²) in [5.74, 6) is 0.172. The summed E-state index contributed by atoms with van der Waals surface area (Å²) in [7, 11) is 0. The molecule has 0 aliphatic carbocycles. The minimum absolute atomic E-state index is 0.122. The van der Waals surface area contributed by atoms with E-state index in [9.17, 15) is 9.59 Å². The zero-order chi connectivity index (χ0) is 23.5. The molecule has 164 valence electrons. The Bertz CT molecular complexity index is 758. The Morgan fingerprint density at radius 2 is 1.60 bits per heavy atom. The van der Waals surface area contributed by atoms with Gasteiger partial charge in [-0.05, 0) is 64.8 Å². The minimum Gasteiger partial charge on any atom is -0.491 e. The van der Waals surface area contributed by atoms with Gasteiger partial charge in [0, 0.05) is 10.8 Å². The van der Waals surface area contributed by atoms with Crippen molar-refractivity contribution in [1.82, 2.24) is 10.6 Å². The van der Waals surface area contributed by atoms with Crippen LogP contribution in [0.5, 0.6) is 5.75 Å². The molecule has 0 unspecified atom stereocenters. The molecule has 1 atom stereocenters. The number of nitriles is 1. The average molecular weight is 418 g/mol. The van der Waals surface area contributed by atoms with Crippen LogP contribution in [-0.2, 0) is 9.53 Å². The van der Waals surface area contributed by atoms with E-state index in [-0.39, 0.29) is 18.4 Å². The van der Waals surface area contributed by atoms with Gasteiger partial charge in [0.1, 0.15) is 24.0 Å². The van der Waals surface area contributed by atoms with Crippen molar-refractivity contribution in [2.24, 2.45) is 5.92 Å². The van der Waals surface area contributed by atoms with E-state index in [0.29, 0.717) is 11.3 Å². The third-order valence-corrected chi connectivity index (χ3v) is 3.67. The standard InChI is InChI=1S/C21H31N3O4.N2/c1-14(2)17(23-19(26)28-20(3,4)5)18(25)24-21(6,7)13-27-16-10-8-15(12-22)9-11-16;1-2/h8-11,14,17H,13H2,1-7H3,(H,23,26)(H,24,25);/t17-;/m0./s1. The van der Waals surface area contributed by atoms with Gasteiger partial charge < -0.3 is 20.1 Å². The summed E-state index contributed by atoms with van der Waals surface area (Å²) in [4.78, 5) is 24.8. The number of carbonyl (C=O) groups is 2. The zero-order valence-corrected chi connectivity index (χ0v) is 18.6. The Labute approximate surface area is 178 Å². The summed E-state index contributed by atoms with van der Waals surface area (Å²) in [6.45, 7) is 12.9. The molecule has 0 saturated heterocycles. The second-order valence-corrected chi connectivity index (χ2v) is 8.67. The fourth-order valence-corrected chi connectivity index (χ4v) is 2.31. The Morgan fingerprint density at radius 1 is 1.07 bits per heavy atom. The van der Waals surface area contributed by atoms with Gasteiger partial charge in [-0.15, -0.1) is 0 Å². The van der Waals surface area contributed by atoms with Crippen LogP contribution in [0.1, 0.15) is 54.0 Å². The third kappa shape index (κ3) is 10.3.